The molecule has 2 aromatic carbocycles. The summed E-state index contributed by atoms with van der Waals surface area (Å²) >= 11 is 0. The molecule has 2 aliphatic rings. The fourth-order valence-corrected chi connectivity index (χ4v) is 3.83. The number of ether oxygens (including phenoxy) is 1. The van der Waals surface area contributed by atoms with E-state index in [1.807, 2.05) is 0 Å². The van der Waals surface area contributed by atoms with Crippen LogP contribution in [-0.4, -0.2) is 48.0 Å². The molecule has 146 valence electrons. The molecule has 6 heteroatoms. The van der Waals surface area contributed by atoms with Gasteiger partial charge in [0.1, 0.15) is 5.82 Å². The Morgan fingerprint density at radius 1 is 0.929 bits per heavy atom. The minimum Gasteiger partial charge on any atom is -0.361 e. The number of rotatable bonds is 6. The molecule has 0 aliphatic carbocycles. The maximum atomic E-state index is 12.9. The van der Waals surface area contributed by atoms with Crippen LogP contribution in [0.5, 0.6) is 0 Å². The summed E-state index contributed by atoms with van der Waals surface area (Å²) < 4.78 is 18.6. The average Bonchev–Trinajstić information content (AvgIpc) is 2.96. The van der Waals surface area contributed by atoms with Crippen molar-refractivity contribution in [3.63, 3.8) is 0 Å². The third kappa shape index (κ3) is 3.98. The Kier molecular flexibility index (Phi) is 5.50. The molecule has 0 saturated carbocycles. The van der Waals surface area contributed by atoms with Crippen LogP contribution in [0.3, 0.4) is 0 Å². The fourth-order valence-electron chi connectivity index (χ4n) is 3.83. The predicted octanol–water partition coefficient (Wildman–Crippen LogP) is 3.31. The fraction of sp³-hybridized carbons (Fsp3) is 0.364. The van der Waals surface area contributed by atoms with Gasteiger partial charge in [-0.25, -0.2) is 4.39 Å². The summed E-state index contributed by atoms with van der Waals surface area (Å²) in [6.07, 6.45) is 1.85. The van der Waals surface area contributed by atoms with Crippen molar-refractivity contribution in [2.45, 2.75) is 19.4 Å². The molecule has 4 rings (SSSR count). The van der Waals surface area contributed by atoms with Gasteiger partial charge in [-0.15, -0.1) is 0 Å². The number of piperidine rings is 1. The van der Waals surface area contributed by atoms with Crippen molar-refractivity contribution in [2.75, 3.05) is 26.4 Å². The lowest BCUT2D eigenvalue weighted by Crippen LogP contribution is -2.41. The molecule has 2 aliphatic heterocycles. The van der Waals surface area contributed by atoms with E-state index in [0.29, 0.717) is 36.9 Å². The van der Waals surface area contributed by atoms with Crippen LogP contribution in [0.25, 0.3) is 0 Å². The SMILES string of the molecule is O=C1c2ccccc2C(=O)N1CC1CCN(COCc2ccc(F)cc2)CC1. The van der Waals surface area contributed by atoms with Gasteiger partial charge in [0.05, 0.1) is 24.5 Å². The number of carbonyl (C=O) groups excluding carboxylic acids is 2. The monoisotopic (exact) mass is 382 g/mol. The molecule has 0 bridgehead atoms. The zero-order chi connectivity index (χ0) is 19.5. The average molecular weight is 382 g/mol. The second-order valence-electron chi connectivity index (χ2n) is 7.43. The predicted molar refractivity (Wildman–Crippen MR) is 102 cm³/mol. The lowest BCUT2D eigenvalue weighted by molar-refractivity contribution is -0.0000974. The number of nitrogens with zero attached hydrogens (tertiary/aromatic N) is 2. The summed E-state index contributed by atoms with van der Waals surface area (Å²) in [5.74, 6) is -0.282. The molecule has 0 atom stereocenters. The van der Waals surface area contributed by atoms with Crippen molar-refractivity contribution < 1.29 is 18.7 Å². The summed E-state index contributed by atoms with van der Waals surface area (Å²) in [7, 11) is 0. The van der Waals surface area contributed by atoms with Crippen LogP contribution in [0.15, 0.2) is 48.5 Å². The van der Waals surface area contributed by atoms with E-state index in [9.17, 15) is 14.0 Å². The Bertz CT molecular complexity index is 825. The molecule has 1 fully saturated rings. The van der Waals surface area contributed by atoms with Crippen LogP contribution in [0.2, 0.25) is 0 Å². The van der Waals surface area contributed by atoms with Crippen molar-refractivity contribution in [3.05, 3.63) is 71.0 Å². The second kappa shape index (κ2) is 8.20. The molecule has 5 nitrogen and oxygen atoms in total. The number of benzene rings is 2. The van der Waals surface area contributed by atoms with Gasteiger partial charge in [-0.3, -0.25) is 19.4 Å². The van der Waals surface area contributed by atoms with Gasteiger partial charge < -0.3 is 4.74 Å². The van der Waals surface area contributed by atoms with E-state index in [0.717, 1.165) is 31.5 Å². The first-order chi connectivity index (χ1) is 13.6. The second-order valence-corrected chi connectivity index (χ2v) is 7.43. The molecule has 1 saturated heterocycles. The molecule has 0 spiro atoms. The normalized spacial score (nSPS) is 18.0. The minimum absolute atomic E-state index is 0.175. The van der Waals surface area contributed by atoms with E-state index in [1.165, 1.54) is 17.0 Å². The van der Waals surface area contributed by atoms with Gasteiger partial charge in [0, 0.05) is 19.6 Å². The largest absolute Gasteiger partial charge is 0.361 e. The highest BCUT2D eigenvalue weighted by Crippen LogP contribution is 2.26. The highest BCUT2D eigenvalue weighted by Gasteiger charge is 2.36. The third-order valence-corrected chi connectivity index (χ3v) is 5.48. The highest BCUT2D eigenvalue weighted by atomic mass is 19.1. The van der Waals surface area contributed by atoms with Gasteiger partial charge in [-0.1, -0.05) is 24.3 Å². The maximum absolute atomic E-state index is 12.9. The zero-order valence-corrected chi connectivity index (χ0v) is 15.6. The Balaban J connectivity index is 1.22. The van der Waals surface area contributed by atoms with E-state index in [4.69, 9.17) is 4.74 Å². The van der Waals surface area contributed by atoms with E-state index < -0.39 is 0 Å². The molecule has 0 N–H and O–H groups in total. The molecule has 2 aromatic rings. The smallest absolute Gasteiger partial charge is 0.261 e. The van der Waals surface area contributed by atoms with Crippen LogP contribution in [0.4, 0.5) is 4.39 Å². The number of fused-ring (bicyclic) bond motifs is 1. The summed E-state index contributed by atoms with van der Waals surface area (Å²) in [6.45, 7) is 3.21. The molecule has 0 aromatic heterocycles. The summed E-state index contributed by atoms with van der Waals surface area (Å²) in [5.41, 5.74) is 1.97. The number of hydrogen-bond acceptors (Lipinski definition) is 4. The zero-order valence-electron chi connectivity index (χ0n) is 15.6. The minimum atomic E-state index is -0.246. The van der Waals surface area contributed by atoms with Crippen molar-refractivity contribution in [2.24, 2.45) is 5.92 Å². The molecule has 0 unspecified atom stereocenters. The lowest BCUT2D eigenvalue weighted by atomic mass is 9.96. The Morgan fingerprint density at radius 2 is 1.54 bits per heavy atom. The van der Waals surface area contributed by atoms with Gasteiger partial charge in [0.25, 0.3) is 11.8 Å². The lowest BCUT2D eigenvalue weighted by Gasteiger charge is -2.33. The highest BCUT2D eigenvalue weighted by molar-refractivity contribution is 6.21. The quantitative estimate of drug-likeness (QED) is 0.720. The Morgan fingerprint density at radius 3 is 2.14 bits per heavy atom. The number of halogens is 1. The number of amides is 2. The first kappa shape index (κ1) is 18.8. The van der Waals surface area contributed by atoms with Crippen LogP contribution in [0.1, 0.15) is 39.1 Å². The number of imide groups is 1. The van der Waals surface area contributed by atoms with Gasteiger partial charge in [-0.05, 0) is 48.6 Å². The number of likely N-dealkylation sites (tertiary alicyclic amines) is 1. The van der Waals surface area contributed by atoms with Crippen LogP contribution in [-0.2, 0) is 11.3 Å². The van der Waals surface area contributed by atoms with Crippen molar-refractivity contribution in [1.29, 1.82) is 0 Å². The summed E-state index contributed by atoms with van der Waals surface area (Å²) in [6, 6.07) is 13.3. The summed E-state index contributed by atoms with van der Waals surface area (Å²) in [5, 5.41) is 0. The Labute approximate surface area is 163 Å². The van der Waals surface area contributed by atoms with E-state index >= 15 is 0 Å². The van der Waals surface area contributed by atoms with Gasteiger partial charge >= 0.3 is 0 Å². The van der Waals surface area contributed by atoms with Crippen LogP contribution < -0.4 is 0 Å². The molecule has 2 heterocycles. The molecule has 2 amide bonds. The standard InChI is InChI=1S/C22H23FN2O3/c23-18-7-5-17(6-8-18)14-28-15-24-11-9-16(10-12-24)13-25-21(26)19-3-1-2-4-20(19)22(25)27/h1-8,16H,9-15H2. The van der Waals surface area contributed by atoms with Gasteiger partial charge in [0.2, 0.25) is 0 Å². The molecule has 0 radical (unpaired) electrons. The first-order valence-electron chi connectivity index (χ1n) is 9.61. The van der Waals surface area contributed by atoms with Crippen LogP contribution in [0, 0.1) is 11.7 Å². The number of carbonyl (C=O) groups is 2. The van der Waals surface area contributed by atoms with Crippen molar-refractivity contribution in [3.8, 4) is 0 Å². The van der Waals surface area contributed by atoms with E-state index in [-0.39, 0.29) is 17.6 Å². The van der Waals surface area contributed by atoms with Gasteiger partial charge in [-0.2, -0.15) is 0 Å². The molecular weight excluding hydrogens is 359 g/mol. The van der Waals surface area contributed by atoms with E-state index in [2.05, 4.69) is 4.90 Å². The number of hydrogen-bond donors (Lipinski definition) is 0. The topological polar surface area (TPSA) is 49.9 Å². The molecule has 28 heavy (non-hydrogen) atoms. The third-order valence-electron chi connectivity index (χ3n) is 5.48. The maximum Gasteiger partial charge on any atom is 0.261 e. The summed E-state index contributed by atoms with van der Waals surface area (Å²) in [4.78, 5) is 28.6. The van der Waals surface area contributed by atoms with Gasteiger partial charge in [0.15, 0.2) is 0 Å². The first-order valence-corrected chi connectivity index (χ1v) is 9.61. The Hall–Kier alpha value is -2.57. The van der Waals surface area contributed by atoms with Crippen molar-refractivity contribution >= 4 is 11.8 Å². The van der Waals surface area contributed by atoms with E-state index in [1.54, 1.807) is 36.4 Å². The van der Waals surface area contributed by atoms with Crippen LogP contribution >= 0.6 is 0 Å². The van der Waals surface area contributed by atoms with Crippen molar-refractivity contribution in [1.82, 2.24) is 9.80 Å². The molecular formula is C22H23FN2O3.